The summed E-state index contributed by atoms with van der Waals surface area (Å²) in [5.74, 6) is 1.03. The Morgan fingerprint density at radius 2 is 2.09 bits per heavy atom. The zero-order chi connectivity index (χ0) is 23.5. The normalized spacial score (nSPS) is 15.9. The predicted octanol–water partition coefficient (Wildman–Crippen LogP) is 1.49. The minimum atomic E-state index is -0.509. The van der Waals surface area contributed by atoms with Crippen molar-refractivity contribution in [1.29, 1.82) is 0 Å². The van der Waals surface area contributed by atoms with Crippen LogP contribution in [0.3, 0.4) is 0 Å². The number of aromatic nitrogens is 5. The van der Waals surface area contributed by atoms with Crippen molar-refractivity contribution >= 4 is 17.9 Å². The van der Waals surface area contributed by atoms with Crippen molar-refractivity contribution < 1.29 is 18.9 Å². The predicted molar refractivity (Wildman–Crippen MR) is 120 cm³/mol. The number of amides is 1. The molecule has 0 unspecified atom stereocenters. The summed E-state index contributed by atoms with van der Waals surface area (Å²) in [6.07, 6.45) is 7.35. The highest BCUT2D eigenvalue weighted by molar-refractivity contribution is 5.94. The number of ether oxygens (including phenoxy) is 2. The molecule has 2 aliphatic rings. The zero-order valence-electron chi connectivity index (χ0n) is 18.7. The molecule has 3 N–H and O–H groups in total. The van der Waals surface area contributed by atoms with Crippen molar-refractivity contribution in [2.75, 3.05) is 19.6 Å². The second-order valence-electron chi connectivity index (χ2n) is 8.29. The minimum absolute atomic E-state index is 0.0549. The fraction of sp³-hybridized carbons (Fsp3) is 0.429. The Morgan fingerprint density at radius 3 is 2.88 bits per heavy atom. The molecule has 1 aromatic carbocycles. The van der Waals surface area contributed by atoms with Gasteiger partial charge in [0, 0.05) is 12.6 Å². The maximum Gasteiger partial charge on any atom is 0.293 e. The molecule has 2 aromatic heterocycles. The Balaban J connectivity index is 1.36. The van der Waals surface area contributed by atoms with Gasteiger partial charge in [-0.05, 0) is 54.0 Å². The molecule has 1 aliphatic carbocycles. The van der Waals surface area contributed by atoms with E-state index in [2.05, 4.69) is 36.1 Å². The number of hydrogen-bond acceptors (Lipinski definition) is 11. The third-order valence-electron chi connectivity index (χ3n) is 6.05. The van der Waals surface area contributed by atoms with E-state index in [0.717, 1.165) is 18.4 Å². The Hall–Kier alpha value is -4.00. The molecule has 5 rings (SSSR count). The summed E-state index contributed by atoms with van der Waals surface area (Å²) in [5, 5.41) is 19.7. The van der Waals surface area contributed by atoms with Gasteiger partial charge in [0.1, 0.15) is 0 Å². The summed E-state index contributed by atoms with van der Waals surface area (Å²) >= 11 is 0. The molecule has 0 atom stereocenters. The van der Waals surface area contributed by atoms with E-state index < -0.39 is 5.91 Å². The third kappa shape index (κ3) is 4.41. The molecule has 3 aromatic rings. The lowest BCUT2D eigenvalue weighted by Crippen LogP contribution is -2.34. The molecular formula is C21H25N9O4. The Labute approximate surface area is 194 Å². The lowest BCUT2D eigenvalue weighted by atomic mass is 9.94. The van der Waals surface area contributed by atoms with Gasteiger partial charge in [-0.3, -0.25) is 9.69 Å². The van der Waals surface area contributed by atoms with Gasteiger partial charge < -0.3 is 15.2 Å². The number of anilines is 1. The maximum atomic E-state index is 13.0. The summed E-state index contributed by atoms with van der Waals surface area (Å²) in [6, 6.07) is 5.78. The van der Waals surface area contributed by atoms with Crippen LogP contribution < -0.4 is 20.6 Å². The number of nitrogen functional groups attached to an aromatic ring is 1. The average molecular weight is 467 g/mol. The highest BCUT2D eigenvalue weighted by atomic mass is 16.7. The number of fused-ring (bicyclic) bond motifs is 1. The number of nitrogens with two attached hydrogens (primary N) is 1. The highest BCUT2D eigenvalue weighted by Crippen LogP contribution is 2.32. The van der Waals surface area contributed by atoms with Crippen LogP contribution in [0.2, 0.25) is 0 Å². The quantitative estimate of drug-likeness (QED) is 0.385. The Bertz CT molecular complexity index is 1200. The topological polar surface area (TPSA) is 159 Å². The number of hydrazone groups is 1. The first kappa shape index (κ1) is 21.8. The molecular weight excluding hydrogens is 442 g/mol. The van der Waals surface area contributed by atoms with Crippen LogP contribution in [0.1, 0.15) is 53.8 Å². The first-order valence-electron chi connectivity index (χ1n) is 11.1. The van der Waals surface area contributed by atoms with Gasteiger partial charge in [0.15, 0.2) is 17.2 Å². The van der Waals surface area contributed by atoms with Gasteiger partial charge in [-0.15, -0.1) is 5.10 Å². The molecule has 0 bridgehead atoms. The second kappa shape index (κ2) is 9.47. The molecule has 3 heterocycles. The molecule has 178 valence electrons. The zero-order valence-corrected chi connectivity index (χ0v) is 18.7. The first-order chi connectivity index (χ1) is 16.6. The molecule has 0 radical (unpaired) electrons. The number of carbonyl (C=O) groups excluding carboxylic acids is 1. The van der Waals surface area contributed by atoms with E-state index in [1.165, 1.54) is 30.2 Å². The third-order valence-corrected chi connectivity index (χ3v) is 6.05. The number of benzene rings is 1. The summed E-state index contributed by atoms with van der Waals surface area (Å²) in [5.41, 5.74) is 9.77. The molecule has 13 heteroatoms. The molecule has 1 saturated carbocycles. The lowest BCUT2D eigenvalue weighted by molar-refractivity contribution is 0.0947. The maximum absolute atomic E-state index is 13.0. The molecule has 0 saturated heterocycles. The van der Waals surface area contributed by atoms with Crippen LogP contribution in [0.15, 0.2) is 27.9 Å². The van der Waals surface area contributed by atoms with Crippen LogP contribution >= 0.6 is 0 Å². The monoisotopic (exact) mass is 467 g/mol. The van der Waals surface area contributed by atoms with Crippen molar-refractivity contribution in [3.05, 3.63) is 35.2 Å². The van der Waals surface area contributed by atoms with Crippen molar-refractivity contribution in [2.45, 2.75) is 44.7 Å². The summed E-state index contributed by atoms with van der Waals surface area (Å²) in [4.78, 5) is 15.2. The average Bonchev–Trinajstić information content (AvgIpc) is 3.59. The van der Waals surface area contributed by atoms with E-state index in [1.54, 1.807) is 12.1 Å². The minimum Gasteiger partial charge on any atom is -0.454 e. The summed E-state index contributed by atoms with van der Waals surface area (Å²) in [7, 11) is 2.03. The van der Waals surface area contributed by atoms with E-state index in [1.807, 2.05) is 13.1 Å². The number of nitrogens with one attached hydrogen (secondary N) is 1. The number of hydrogen-bond donors (Lipinski definition) is 2. The van der Waals surface area contributed by atoms with Gasteiger partial charge >= 0.3 is 0 Å². The van der Waals surface area contributed by atoms with Crippen molar-refractivity contribution in [3.8, 4) is 17.3 Å². The first-order valence-corrected chi connectivity index (χ1v) is 11.1. The standard InChI is InChI=1S/C21H25N9O4/c1-29(14-5-3-2-4-6-14)11-15-18(24-28-30(15)20-19(22)26-34-27-20)21(31)25-23-10-13-7-8-16-17(9-13)33-12-32-16/h7-10,14H,2-6,11-12H2,1H3,(H2,22,26)(H,25,31)/b23-10+. The SMILES string of the molecule is CN(Cc1c(C(=O)N/N=C/c2ccc3c(c2)OCO3)nnn1-c1nonc1N)C1CCCCC1. The van der Waals surface area contributed by atoms with E-state index in [4.69, 9.17) is 19.8 Å². The fourth-order valence-corrected chi connectivity index (χ4v) is 4.23. The molecule has 1 aliphatic heterocycles. The summed E-state index contributed by atoms with van der Waals surface area (Å²) < 4.78 is 16.8. The fourth-order valence-electron chi connectivity index (χ4n) is 4.23. The molecule has 1 fully saturated rings. The van der Waals surface area contributed by atoms with Crippen LogP contribution in [-0.4, -0.2) is 62.2 Å². The van der Waals surface area contributed by atoms with Gasteiger partial charge in [0.05, 0.1) is 11.9 Å². The van der Waals surface area contributed by atoms with Gasteiger partial charge in [-0.25, -0.2) is 10.1 Å². The van der Waals surface area contributed by atoms with Crippen molar-refractivity contribution in [3.63, 3.8) is 0 Å². The number of nitrogens with zero attached hydrogens (tertiary/aromatic N) is 7. The van der Waals surface area contributed by atoms with Crippen LogP contribution in [0, 0.1) is 0 Å². The van der Waals surface area contributed by atoms with Gasteiger partial charge in [0.2, 0.25) is 18.4 Å². The van der Waals surface area contributed by atoms with Gasteiger partial charge in [-0.1, -0.05) is 24.5 Å². The lowest BCUT2D eigenvalue weighted by Gasteiger charge is -2.31. The van der Waals surface area contributed by atoms with Crippen LogP contribution in [0.5, 0.6) is 11.5 Å². The van der Waals surface area contributed by atoms with Gasteiger partial charge in [-0.2, -0.15) is 9.78 Å². The van der Waals surface area contributed by atoms with E-state index >= 15 is 0 Å². The highest BCUT2D eigenvalue weighted by Gasteiger charge is 2.27. The van der Waals surface area contributed by atoms with E-state index in [-0.39, 0.29) is 24.1 Å². The Morgan fingerprint density at radius 1 is 1.26 bits per heavy atom. The van der Waals surface area contributed by atoms with E-state index in [0.29, 0.717) is 29.8 Å². The smallest absolute Gasteiger partial charge is 0.293 e. The molecule has 13 nitrogen and oxygen atoms in total. The van der Waals surface area contributed by atoms with Crippen LogP contribution in [-0.2, 0) is 6.54 Å². The Kier molecular flexibility index (Phi) is 6.08. The van der Waals surface area contributed by atoms with Crippen molar-refractivity contribution in [1.82, 2.24) is 35.6 Å². The van der Waals surface area contributed by atoms with Gasteiger partial charge in [0.25, 0.3) is 5.91 Å². The number of rotatable bonds is 7. The largest absolute Gasteiger partial charge is 0.454 e. The summed E-state index contributed by atoms with van der Waals surface area (Å²) in [6.45, 7) is 0.602. The molecule has 0 spiro atoms. The van der Waals surface area contributed by atoms with Crippen molar-refractivity contribution in [2.24, 2.45) is 5.10 Å². The number of carbonyl (C=O) groups is 1. The second-order valence-corrected chi connectivity index (χ2v) is 8.29. The van der Waals surface area contributed by atoms with Crippen LogP contribution in [0.25, 0.3) is 5.82 Å². The van der Waals surface area contributed by atoms with Crippen LogP contribution in [0.4, 0.5) is 5.82 Å². The molecule has 34 heavy (non-hydrogen) atoms. The van der Waals surface area contributed by atoms with E-state index in [9.17, 15) is 4.79 Å². The molecule has 1 amide bonds.